The number of thioether (sulfide) groups is 1. The third-order valence-corrected chi connectivity index (χ3v) is 6.56. The van der Waals surface area contributed by atoms with Crippen LogP contribution < -0.4 is 5.32 Å². The van der Waals surface area contributed by atoms with Gasteiger partial charge in [0, 0.05) is 27.6 Å². The minimum atomic E-state index is 0.727. The molecule has 0 saturated carbocycles. The van der Waals surface area contributed by atoms with Crippen molar-refractivity contribution in [3.8, 4) is 0 Å². The molecule has 2 unspecified atom stereocenters. The maximum Gasteiger partial charge on any atom is 0.0302 e. The highest BCUT2D eigenvalue weighted by Crippen LogP contribution is 2.31. The largest absolute Gasteiger partial charge is 0.308 e. The summed E-state index contributed by atoms with van der Waals surface area (Å²) in [6.45, 7) is 3.46. The molecule has 1 N–H and O–H groups in total. The molecule has 1 nitrogen and oxygen atoms in total. The second kappa shape index (κ2) is 5.33. The zero-order valence-corrected chi connectivity index (χ0v) is 12.1. The molecule has 2 heterocycles. The van der Waals surface area contributed by atoms with Crippen LogP contribution in [0.1, 0.15) is 41.5 Å². The zero-order valence-electron chi connectivity index (χ0n) is 10.5. The van der Waals surface area contributed by atoms with Crippen LogP contribution in [-0.2, 0) is 19.4 Å². The van der Waals surface area contributed by atoms with Crippen molar-refractivity contribution in [1.82, 2.24) is 5.32 Å². The summed E-state index contributed by atoms with van der Waals surface area (Å²) in [6.07, 6.45) is 6.77. The standard InChI is InChI=1S/C14H21NS2/c1-10-13(5-3-7-16-10)15-9-12-8-11-4-2-6-14(11)17-12/h8,10,13,15H,2-7,9H2,1H3. The van der Waals surface area contributed by atoms with Gasteiger partial charge in [0.1, 0.15) is 0 Å². The van der Waals surface area contributed by atoms with Gasteiger partial charge in [-0.1, -0.05) is 6.92 Å². The summed E-state index contributed by atoms with van der Waals surface area (Å²) >= 11 is 4.17. The van der Waals surface area contributed by atoms with Crippen LogP contribution in [0.25, 0.3) is 0 Å². The van der Waals surface area contributed by atoms with Crippen molar-refractivity contribution in [3.63, 3.8) is 0 Å². The molecule has 94 valence electrons. The van der Waals surface area contributed by atoms with E-state index < -0.39 is 0 Å². The highest BCUT2D eigenvalue weighted by atomic mass is 32.2. The van der Waals surface area contributed by atoms with Gasteiger partial charge in [-0.2, -0.15) is 11.8 Å². The van der Waals surface area contributed by atoms with Gasteiger partial charge in [0.15, 0.2) is 0 Å². The third-order valence-electron chi connectivity index (χ3n) is 3.94. The molecule has 1 fully saturated rings. The molecule has 1 aliphatic heterocycles. The van der Waals surface area contributed by atoms with Crippen LogP contribution in [0.2, 0.25) is 0 Å². The van der Waals surface area contributed by atoms with E-state index in [1.165, 1.54) is 37.9 Å². The Kier molecular flexibility index (Phi) is 3.78. The maximum atomic E-state index is 3.77. The van der Waals surface area contributed by atoms with Gasteiger partial charge in [-0.15, -0.1) is 11.3 Å². The van der Waals surface area contributed by atoms with E-state index in [1.807, 2.05) is 11.3 Å². The summed E-state index contributed by atoms with van der Waals surface area (Å²) in [7, 11) is 0. The number of nitrogens with one attached hydrogen (secondary N) is 1. The summed E-state index contributed by atoms with van der Waals surface area (Å²) in [4.78, 5) is 3.21. The lowest BCUT2D eigenvalue weighted by Gasteiger charge is -2.29. The molecule has 3 heteroatoms. The molecule has 2 aliphatic rings. The highest BCUT2D eigenvalue weighted by molar-refractivity contribution is 7.99. The van der Waals surface area contributed by atoms with Gasteiger partial charge in [0.2, 0.25) is 0 Å². The Hall–Kier alpha value is 0.01000. The van der Waals surface area contributed by atoms with E-state index in [0.717, 1.165) is 17.8 Å². The first-order valence-corrected chi connectivity index (χ1v) is 8.65. The summed E-state index contributed by atoms with van der Waals surface area (Å²) in [5, 5.41) is 4.55. The Morgan fingerprint density at radius 1 is 1.35 bits per heavy atom. The number of hydrogen-bond donors (Lipinski definition) is 1. The third kappa shape index (κ3) is 2.72. The van der Waals surface area contributed by atoms with Crippen LogP contribution >= 0.6 is 23.1 Å². The molecule has 1 aliphatic carbocycles. The highest BCUT2D eigenvalue weighted by Gasteiger charge is 2.21. The Bertz CT molecular complexity index is 364. The van der Waals surface area contributed by atoms with Gasteiger partial charge in [0.25, 0.3) is 0 Å². The Morgan fingerprint density at radius 2 is 2.29 bits per heavy atom. The Balaban J connectivity index is 1.56. The Labute approximate surface area is 112 Å². The van der Waals surface area contributed by atoms with Crippen molar-refractivity contribution in [2.75, 3.05) is 5.75 Å². The quantitative estimate of drug-likeness (QED) is 0.898. The number of aryl methyl sites for hydroxylation is 2. The van der Waals surface area contributed by atoms with E-state index >= 15 is 0 Å². The van der Waals surface area contributed by atoms with Crippen LogP contribution in [0.4, 0.5) is 0 Å². The minimum absolute atomic E-state index is 0.727. The van der Waals surface area contributed by atoms with Crippen LogP contribution in [0.3, 0.4) is 0 Å². The smallest absolute Gasteiger partial charge is 0.0302 e. The lowest BCUT2D eigenvalue weighted by molar-refractivity contribution is 0.464. The lowest BCUT2D eigenvalue weighted by atomic mass is 10.1. The number of rotatable bonds is 3. The van der Waals surface area contributed by atoms with Crippen LogP contribution in [0.5, 0.6) is 0 Å². The summed E-state index contributed by atoms with van der Waals surface area (Å²) in [5.74, 6) is 1.35. The molecule has 3 rings (SSSR count). The molecule has 2 atom stereocenters. The molecule has 0 aromatic carbocycles. The maximum absolute atomic E-state index is 3.77. The van der Waals surface area contributed by atoms with Crippen LogP contribution in [0, 0.1) is 0 Å². The van der Waals surface area contributed by atoms with E-state index in [2.05, 4.69) is 30.1 Å². The fourth-order valence-electron chi connectivity index (χ4n) is 2.90. The first-order valence-electron chi connectivity index (χ1n) is 6.78. The fraction of sp³-hybridized carbons (Fsp3) is 0.714. The number of hydrogen-bond acceptors (Lipinski definition) is 3. The molecule has 0 radical (unpaired) electrons. The second-order valence-corrected chi connectivity index (χ2v) is 7.93. The molecular weight excluding hydrogens is 246 g/mol. The van der Waals surface area contributed by atoms with Gasteiger partial charge in [-0.3, -0.25) is 0 Å². The molecule has 1 saturated heterocycles. The molecule has 0 spiro atoms. The minimum Gasteiger partial charge on any atom is -0.308 e. The van der Waals surface area contributed by atoms with Gasteiger partial charge in [-0.25, -0.2) is 0 Å². The molecule has 1 aromatic heterocycles. The molecule has 0 amide bonds. The molecular formula is C14H21NS2. The van der Waals surface area contributed by atoms with E-state index in [1.54, 1.807) is 15.3 Å². The van der Waals surface area contributed by atoms with Crippen molar-refractivity contribution >= 4 is 23.1 Å². The van der Waals surface area contributed by atoms with Crippen molar-refractivity contribution in [1.29, 1.82) is 0 Å². The van der Waals surface area contributed by atoms with Crippen molar-refractivity contribution in [2.45, 2.75) is 56.9 Å². The zero-order chi connectivity index (χ0) is 11.7. The van der Waals surface area contributed by atoms with Crippen LogP contribution in [-0.4, -0.2) is 17.0 Å². The van der Waals surface area contributed by atoms with Crippen molar-refractivity contribution in [2.24, 2.45) is 0 Å². The summed E-state index contributed by atoms with van der Waals surface area (Å²) < 4.78 is 0. The number of thiophene rings is 1. The van der Waals surface area contributed by atoms with Gasteiger partial charge < -0.3 is 5.32 Å². The average Bonchev–Trinajstić information content (AvgIpc) is 2.88. The van der Waals surface area contributed by atoms with E-state index in [-0.39, 0.29) is 0 Å². The molecule has 1 aromatic rings. The fourth-order valence-corrected chi connectivity index (χ4v) is 5.28. The topological polar surface area (TPSA) is 12.0 Å². The number of fused-ring (bicyclic) bond motifs is 1. The van der Waals surface area contributed by atoms with Crippen molar-refractivity contribution in [3.05, 3.63) is 21.4 Å². The summed E-state index contributed by atoms with van der Waals surface area (Å²) in [6, 6.07) is 3.17. The van der Waals surface area contributed by atoms with Gasteiger partial charge in [-0.05, 0) is 49.5 Å². The van der Waals surface area contributed by atoms with Gasteiger partial charge in [0.05, 0.1) is 0 Å². The average molecular weight is 267 g/mol. The molecule has 0 bridgehead atoms. The van der Waals surface area contributed by atoms with E-state index in [4.69, 9.17) is 0 Å². The van der Waals surface area contributed by atoms with E-state index in [0.29, 0.717) is 0 Å². The van der Waals surface area contributed by atoms with Crippen molar-refractivity contribution < 1.29 is 0 Å². The van der Waals surface area contributed by atoms with Crippen LogP contribution in [0.15, 0.2) is 6.07 Å². The molecule has 17 heavy (non-hydrogen) atoms. The predicted octanol–water partition coefficient (Wildman–Crippen LogP) is 3.61. The first kappa shape index (κ1) is 12.1. The lowest BCUT2D eigenvalue weighted by Crippen LogP contribution is -2.38. The predicted molar refractivity (Wildman–Crippen MR) is 78.1 cm³/mol. The Morgan fingerprint density at radius 3 is 3.12 bits per heavy atom. The summed E-state index contributed by atoms with van der Waals surface area (Å²) in [5.41, 5.74) is 1.64. The first-order chi connectivity index (χ1) is 8.33. The second-order valence-electron chi connectivity index (χ2n) is 5.22. The normalized spacial score (nSPS) is 28.3. The SMILES string of the molecule is CC1SCCCC1NCc1cc2c(s1)CCC2. The van der Waals surface area contributed by atoms with Gasteiger partial charge >= 0.3 is 0 Å². The monoisotopic (exact) mass is 267 g/mol. The van der Waals surface area contributed by atoms with E-state index in [9.17, 15) is 0 Å².